The number of hydrogen-bond acceptors (Lipinski definition) is 3. The second kappa shape index (κ2) is 7.83. The maximum Gasteiger partial charge on any atom is 0.0641 e. The fourth-order valence-electron chi connectivity index (χ4n) is 1.77. The summed E-state index contributed by atoms with van der Waals surface area (Å²) in [6.45, 7) is 3.72. The summed E-state index contributed by atoms with van der Waals surface area (Å²) >= 11 is 0. The van der Waals surface area contributed by atoms with Crippen molar-refractivity contribution in [2.24, 2.45) is 5.92 Å². The number of methoxy groups -OCH3 is 1. The van der Waals surface area contributed by atoms with E-state index in [0.29, 0.717) is 12.3 Å². The molecule has 0 aromatic heterocycles. The number of nitriles is 1. The molecule has 17 heavy (non-hydrogen) atoms. The molecule has 1 rings (SSSR count). The van der Waals surface area contributed by atoms with E-state index in [2.05, 4.69) is 30.4 Å². The molecule has 0 saturated heterocycles. The largest absolute Gasteiger partial charge is 0.384 e. The zero-order valence-electron chi connectivity index (χ0n) is 10.5. The summed E-state index contributed by atoms with van der Waals surface area (Å²) in [6, 6.07) is 12.4. The predicted molar refractivity (Wildman–Crippen MR) is 68.5 cm³/mol. The zero-order chi connectivity index (χ0) is 12.5. The van der Waals surface area contributed by atoms with Crippen LogP contribution in [0, 0.1) is 17.2 Å². The average molecular weight is 232 g/mol. The van der Waals surface area contributed by atoms with Crippen molar-refractivity contribution in [1.29, 1.82) is 5.26 Å². The molecule has 92 valence electrons. The first-order valence-electron chi connectivity index (χ1n) is 5.92. The van der Waals surface area contributed by atoms with Gasteiger partial charge in [0.05, 0.1) is 12.5 Å². The summed E-state index contributed by atoms with van der Waals surface area (Å²) in [6.07, 6.45) is 0.490. The minimum absolute atomic E-state index is 0.112. The molecule has 0 radical (unpaired) electrons. The Bertz CT molecular complexity index is 345. The minimum Gasteiger partial charge on any atom is -0.384 e. The molecule has 1 aromatic rings. The minimum atomic E-state index is 0.112. The molecule has 2 unspecified atom stereocenters. The van der Waals surface area contributed by atoms with Crippen LogP contribution in [0.15, 0.2) is 30.3 Å². The van der Waals surface area contributed by atoms with Crippen LogP contribution in [0.1, 0.15) is 24.9 Å². The van der Waals surface area contributed by atoms with Crippen molar-refractivity contribution in [2.45, 2.75) is 19.4 Å². The van der Waals surface area contributed by atoms with Crippen molar-refractivity contribution in [1.82, 2.24) is 5.32 Å². The average Bonchev–Trinajstić information content (AvgIpc) is 2.36. The third kappa shape index (κ3) is 4.99. The Morgan fingerprint density at radius 3 is 2.65 bits per heavy atom. The Labute approximate surface area is 103 Å². The fourth-order valence-corrected chi connectivity index (χ4v) is 1.77. The van der Waals surface area contributed by atoms with Gasteiger partial charge in [0.15, 0.2) is 0 Å². The Hall–Kier alpha value is -1.37. The monoisotopic (exact) mass is 232 g/mol. The SMILES string of the molecule is COCC(C)CNC(CC#N)c1ccccc1. The van der Waals surface area contributed by atoms with E-state index in [1.165, 1.54) is 5.56 Å². The summed E-state index contributed by atoms with van der Waals surface area (Å²) in [5.41, 5.74) is 1.17. The lowest BCUT2D eigenvalue weighted by Gasteiger charge is -2.19. The van der Waals surface area contributed by atoms with Crippen LogP contribution in [0.2, 0.25) is 0 Å². The van der Waals surface area contributed by atoms with Crippen LogP contribution >= 0.6 is 0 Å². The number of nitrogens with one attached hydrogen (secondary N) is 1. The van der Waals surface area contributed by atoms with Crippen molar-refractivity contribution in [3.05, 3.63) is 35.9 Å². The fraction of sp³-hybridized carbons (Fsp3) is 0.500. The van der Waals surface area contributed by atoms with Gasteiger partial charge in [-0.3, -0.25) is 0 Å². The quantitative estimate of drug-likeness (QED) is 0.785. The van der Waals surface area contributed by atoms with Crippen LogP contribution in [0.25, 0.3) is 0 Å². The van der Waals surface area contributed by atoms with Gasteiger partial charge in [-0.1, -0.05) is 37.3 Å². The highest BCUT2D eigenvalue weighted by Crippen LogP contribution is 2.16. The Balaban J connectivity index is 2.53. The highest BCUT2D eigenvalue weighted by atomic mass is 16.5. The second-order valence-electron chi connectivity index (χ2n) is 4.29. The standard InChI is InChI=1S/C14H20N2O/c1-12(11-17-2)10-16-14(8-9-15)13-6-4-3-5-7-13/h3-7,12,14,16H,8,10-11H2,1-2H3. The highest BCUT2D eigenvalue weighted by Gasteiger charge is 2.11. The van der Waals surface area contributed by atoms with Crippen molar-refractivity contribution in [3.63, 3.8) is 0 Å². The predicted octanol–water partition coefficient (Wildman–Crippen LogP) is 2.51. The first kappa shape index (κ1) is 13.7. The summed E-state index contributed by atoms with van der Waals surface area (Å²) < 4.78 is 5.10. The molecular formula is C14H20N2O. The summed E-state index contributed by atoms with van der Waals surface area (Å²) in [5.74, 6) is 0.449. The summed E-state index contributed by atoms with van der Waals surface area (Å²) in [5, 5.41) is 12.3. The zero-order valence-corrected chi connectivity index (χ0v) is 10.5. The molecule has 0 aliphatic carbocycles. The van der Waals surface area contributed by atoms with Crippen LogP contribution in [0.4, 0.5) is 0 Å². The molecule has 3 nitrogen and oxygen atoms in total. The molecule has 0 amide bonds. The Morgan fingerprint density at radius 2 is 2.06 bits per heavy atom. The lowest BCUT2D eigenvalue weighted by molar-refractivity contribution is 0.157. The van der Waals surface area contributed by atoms with Crippen molar-refractivity contribution < 1.29 is 4.74 Å². The molecule has 0 fully saturated rings. The molecule has 0 bridgehead atoms. The van der Waals surface area contributed by atoms with Gasteiger partial charge in [-0.2, -0.15) is 5.26 Å². The molecule has 0 aliphatic heterocycles. The van der Waals surface area contributed by atoms with Crippen LogP contribution in [-0.2, 0) is 4.74 Å². The lowest BCUT2D eigenvalue weighted by Crippen LogP contribution is -2.28. The van der Waals surface area contributed by atoms with Gasteiger partial charge in [0.1, 0.15) is 0 Å². The van der Waals surface area contributed by atoms with Gasteiger partial charge in [-0.15, -0.1) is 0 Å². The molecule has 0 aliphatic rings. The summed E-state index contributed by atoms with van der Waals surface area (Å²) in [4.78, 5) is 0. The topological polar surface area (TPSA) is 45.0 Å². The van der Waals surface area contributed by atoms with E-state index in [4.69, 9.17) is 10.00 Å². The molecule has 3 heteroatoms. The van der Waals surface area contributed by atoms with Crippen LogP contribution < -0.4 is 5.32 Å². The highest BCUT2D eigenvalue weighted by molar-refractivity contribution is 5.19. The normalized spacial score (nSPS) is 13.9. The third-order valence-electron chi connectivity index (χ3n) is 2.66. The maximum atomic E-state index is 8.85. The molecule has 1 aromatic carbocycles. The van der Waals surface area contributed by atoms with E-state index < -0.39 is 0 Å². The van der Waals surface area contributed by atoms with Crippen LogP contribution in [0.5, 0.6) is 0 Å². The van der Waals surface area contributed by atoms with E-state index in [-0.39, 0.29) is 6.04 Å². The van der Waals surface area contributed by atoms with Crippen molar-refractivity contribution in [3.8, 4) is 6.07 Å². The summed E-state index contributed by atoms with van der Waals surface area (Å²) in [7, 11) is 1.71. The Kier molecular flexibility index (Phi) is 6.31. The van der Waals surface area contributed by atoms with Gasteiger partial charge in [-0.05, 0) is 11.5 Å². The van der Waals surface area contributed by atoms with Crippen LogP contribution in [0.3, 0.4) is 0 Å². The Morgan fingerprint density at radius 1 is 1.35 bits per heavy atom. The van der Waals surface area contributed by atoms with Gasteiger partial charge in [-0.25, -0.2) is 0 Å². The van der Waals surface area contributed by atoms with E-state index in [9.17, 15) is 0 Å². The first-order valence-corrected chi connectivity index (χ1v) is 5.92. The smallest absolute Gasteiger partial charge is 0.0641 e. The van der Waals surface area contributed by atoms with Crippen molar-refractivity contribution >= 4 is 0 Å². The molecule has 0 spiro atoms. The van der Waals surface area contributed by atoms with Crippen molar-refractivity contribution in [2.75, 3.05) is 20.3 Å². The molecule has 0 saturated carbocycles. The number of rotatable bonds is 7. The van der Waals surface area contributed by atoms with Gasteiger partial charge in [0.25, 0.3) is 0 Å². The molecule has 1 N–H and O–H groups in total. The van der Waals surface area contributed by atoms with E-state index in [0.717, 1.165) is 13.2 Å². The number of benzene rings is 1. The van der Waals surface area contributed by atoms with E-state index in [1.54, 1.807) is 7.11 Å². The van der Waals surface area contributed by atoms with E-state index >= 15 is 0 Å². The van der Waals surface area contributed by atoms with Gasteiger partial charge >= 0.3 is 0 Å². The van der Waals surface area contributed by atoms with E-state index in [1.807, 2.05) is 18.2 Å². The molecule has 2 atom stereocenters. The molecule has 0 heterocycles. The molecular weight excluding hydrogens is 212 g/mol. The third-order valence-corrected chi connectivity index (χ3v) is 2.66. The first-order chi connectivity index (χ1) is 8.27. The maximum absolute atomic E-state index is 8.85. The van der Waals surface area contributed by atoms with Gasteiger partial charge in [0, 0.05) is 26.3 Å². The lowest BCUT2D eigenvalue weighted by atomic mass is 10.0. The second-order valence-corrected chi connectivity index (χ2v) is 4.29. The number of ether oxygens (including phenoxy) is 1. The van der Waals surface area contributed by atoms with Gasteiger partial charge in [0.2, 0.25) is 0 Å². The van der Waals surface area contributed by atoms with Crippen LogP contribution in [-0.4, -0.2) is 20.3 Å². The number of nitrogens with zero attached hydrogens (tertiary/aromatic N) is 1. The van der Waals surface area contributed by atoms with Gasteiger partial charge < -0.3 is 10.1 Å². The number of hydrogen-bond donors (Lipinski definition) is 1.